The molecule has 31 heavy (non-hydrogen) atoms. The van der Waals surface area contributed by atoms with Crippen molar-refractivity contribution in [1.29, 1.82) is 0 Å². The van der Waals surface area contributed by atoms with Crippen molar-refractivity contribution in [3.05, 3.63) is 70.4 Å². The Bertz CT molecular complexity index is 1240. The summed E-state index contributed by atoms with van der Waals surface area (Å²) < 4.78 is 44.1. The smallest absolute Gasteiger partial charge is 0.416 e. The van der Waals surface area contributed by atoms with Gasteiger partial charge in [0.2, 0.25) is 0 Å². The standard InChI is InChI=1S/C22H17F3N2O3S/c1-12-19(31-21(27-12)13-2-4-15(5-3-13)22(23,24)25)11-30-16-6-7-17-14(8-20(28)29)10-26-18(17)9-16/h2-7,9-10,26H,8,11H2,1H3,(H,28,29). The first-order valence-electron chi connectivity index (χ1n) is 9.29. The number of thiazole rings is 1. The summed E-state index contributed by atoms with van der Waals surface area (Å²) >= 11 is 1.37. The van der Waals surface area contributed by atoms with Crippen molar-refractivity contribution in [2.45, 2.75) is 26.1 Å². The number of aliphatic carboxylic acids is 1. The lowest BCUT2D eigenvalue weighted by molar-refractivity contribution is -0.138. The van der Waals surface area contributed by atoms with E-state index in [2.05, 4.69) is 9.97 Å². The van der Waals surface area contributed by atoms with E-state index >= 15 is 0 Å². The molecule has 160 valence electrons. The Morgan fingerprint density at radius 2 is 1.94 bits per heavy atom. The summed E-state index contributed by atoms with van der Waals surface area (Å²) in [5, 5.41) is 10.4. The summed E-state index contributed by atoms with van der Waals surface area (Å²) in [7, 11) is 0. The van der Waals surface area contributed by atoms with Crippen LogP contribution in [-0.2, 0) is 24.0 Å². The maximum atomic E-state index is 12.7. The van der Waals surface area contributed by atoms with Crippen molar-refractivity contribution in [2.75, 3.05) is 0 Å². The normalized spacial score (nSPS) is 11.7. The molecule has 0 unspecified atom stereocenters. The fraction of sp³-hybridized carbons (Fsp3) is 0.182. The van der Waals surface area contributed by atoms with E-state index in [1.54, 1.807) is 18.3 Å². The summed E-state index contributed by atoms with van der Waals surface area (Å²) in [5.41, 5.74) is 2.16. The van der Waals surface area contributed by atoms with Gasteiger partial charge in [-0.05, 0) is 36.8 Å². The van der Waals surface area contributed by atoms with Gasteiger partial charge in [-0.15, -0.1) is 11.3 Å². The number of H-pyrrole nitrogens is 1. The number of nitrogens with zero attached hydrogens (tertiary/aromatic N) is 1. The molecule has 0 radical (unpaired) electrons. The zero-order valence-corrected chi connectivity index (χ0v) is 17.1. The number of benzene rings is 2. The van der Waals surface area contributed by atoms with Gasteiger partial charge in [0.1, 0.15) is 17.4 Å². The number of hydrogen-bond donors (Lipinski definition) is 2. The summed E-state index contributed by atoms with van der Waals surface area (Å²) in [5.74, 6) is -0.286. The minimum Gasteiger partial charge on any atom is -0.488 e. The number of hydrogen-bond acceptors (Lipinski definition) is 4. The molecular weight excluding hydrogens is 429 g/mol. The van der Waals surface area contributed by atoms with E-state index in [0.29, 0.717) is 21.9 Å². The van der Waals surface area contributed by atoms with Gasteiger partial charge < -0.3 is 14.8 Å². The maximum Gasteiger partial charge on any atom is 0.416 e. The molecule has 5 nitrogen and oxygen atoms in total. The highest BCUT2D eigenvalue weighted by molar-refractivity contribution is 7.15. The van der Waals surface area contributed by atoms with E-state index in [9.17, 15) is 18.0 Å². The van der Waals surface area contributed by atoms with Gasteiger partial charge in [-0.3, -0.25) is 4.79 Å². The minimum atomic E-state index is -4.37. The predicted octanol–water partition coefficient (Wildman–Crippen LogP) is 5.82. The van der Waals surface area contributed by atoms with Crippen LogP contribution in [0, 0.1) is 6.92 Å². The molecule has 0 amide bonds. The lowest BCUT2D eigenvalue weighted by Gasteiger charge is -2.06. The second-order valence-corrected chi connectivity index (χ2v) is 8.07. The van der Waals surface area contributed by atoms with Crippen LogP contribution in [0.2, 0.25) is 0 Å². The van der Waals surface area contributed by atoms with Gasteiger partial charge in [0.05, 0.1) is 22.6 Å². The van der Waals surface area contributed by atoms with Crippen LogP contribution in [0.3, 0.4) is 0 Å². The van der Waals surface area contributed by atoms with Crippen molar-refractivity contribution in [3.8, 4) is 16.3 Å². The van der Waals surface area contributed by atoms with Crippen LogP contribution < -0.4 is 4.74 Å². The zero-order chi connectivity index (χ0) is 22.2. The third kappa shape index (κ3) is 4.56. The number of aromatic nitrogens is 2. The van der Waals surface area contributed by atoms with Gasteiger partial charge in [0.15, 0.2) is 0 Å². The topological polar surface area (TPSA) is 75.2 Å². The van der Waals surface area contributed by atoms with E-state index < -0.39 is 17.7 Å². The fourth-order valence-corrected chi connectivity index (χ4v) is 4.18. The summed E-state index contributed by atoms with van der Waals surface area (Å²) in [6, 6.07) is 10.3. The highest BCUT2D eigenvalue weighted by Gasteiger charge is 2.30. The van der Waals surface area contributed by atoms with Crippen molar-refractivity contribution < 1.29 is 27.8 Å². The van der Waals surface area contributed by atoms with Crippen LogP contribution in [0.5, 0.6) is 5.75 Å². The Balaban J connectivity index is 1.48. The van der Waals surface area contributed by atoms with E-state index in [1.165, 1.54) is 23.5 Å². The number of ether oxygens (including phenoxy) is 1. The van der Waals surface area contributed by atoms with Crippen molar-refractivity contribution >= 4 is 28.2 Å². The minimum absolute atomic E-state index is 0.0625. The van der Waals surface area contributed by atoms with Crippen LogP contribution in [0.25, 0.3) is 21.5 Å². The first-order valence-corrected chi connectivity index (χ1v) is 10.1. The van der Waals surface area contributed by atoms with Gasteiger partial charge in [-0.1, -0.05) is 12.1 Å². The fourth-order valence-electron chi connectivity index (χ4n) is 3.20. The molecule has 2 N–H and O–H groups in total. The molecule has 0 aliphatic rings. The van der Waals surface area contributed by atoms with E-state index in [1.807, 2.05) is 13.0 Å². The Labute approximate surface area is 179 Å². The third-order valence-corrected chi connectivity index (χ3v) is 5.98. The number of carboxylic acid groups (broad SMARTS) is 1. The van der Waals surface area contributed by atoms with Gasteiger partial charge in [0, 0.05) is 28.7 Å². The van der Waals surface area contributed by atoms with Gasteiger partial charge in [-0.2, -0.15) is 13.2 Å². The van der Waals surface area contributed by atoms with Crippen molar-refractivity contribution in [3.63, 3.8) is 0 Å². The molecule has 4 rings (SSSR count). The molecule has 4 aromatic rings. The Hall–Kier alpha value is -3.33. The molecule has 0 atom stereocenters. The monoisotopic (exact) mass is 446 g/mol. The lowest BCUT2D eigenvalue weighted by Crippen LogP contribution is -2.03. The average Bonchev–Trinajstić information content (AvgIpc) is 3.28. The summed E-state index contributed by atoms with van der Waals surface area (Å²) in [4.78, 5) is 19.3. The number of alkyl halides is 3. The number of halogens is 3. The van der Waals surface area contributed by atoms with Gasteiger partial charge in [-0.25, -0.2) is 4.98 Å². The largest absolute Gasteiger partial charge is 0.488 e. The SMILES string of the molecule is Cc1nc(-c2ccc(C(F)(F)F)cc2)sc1COc1ccc2c(CC(=O)O)c[nH]c2c1. The van der Waals surface area contributed by atoms with Crippen LogP contribution in [0.15, 0.2) is 48.7 Å². The molecule has 9 heteroatoms. The number of rotatable bonds is 6. The molecule has 0 bridgehead atoms. The second kappa shape index (κ2) is 8.07. The quantitative estimate of drug-likeness (QED) is 0.391. The molecule has 2 aromatic heterocycles. The van der Waals surface area contributed by atoms with Crippen LogP contribution in [0.1, 0.15) is 21.7 Å². The molecule has 2 aromatic carbocycles. The molecular formula is C22H17F3N2O3S. The number of carboxylic acids is 1. The van der Waals surface area contributed by atoms with E-state index in [0.717, 1.165) is 33.6 Å². The molecule has 0 fully saturated rings. The van der Waals surface area contributed by atoms with Crippen LogP contribution in [-0.4, -0.2) is 21.0 Å². The molecule has 0 saturated heterocycles. The highest BCUT2D eigenvalue weighted by atomic mass is 32.1. The molecule has 0 aliphatic carbocycles. The van der Waals surface area contributed by atoms with Crippen molar-refractivity contribution in [2.24, 2.45) is 0 Å². The zero-order valence-electron chi connectivity index (χ0n) is 16.3. The summed E-state index contributed by atoms with van der Waals surface area (Å²) in [6.07, 6.45) is -2.76. The third-order valence-electron chi connectivity index (χ3n) is 4.80. The van der Waals surface area contributed by atoms with E-state index in [-0.39, 0.29) is 13.0 Å². The van der Waals surface area contributed by atoms with Gasteiger partial charge in [0.25, 0.3) is 0 Å². The second-order valence-electron chi connectivity index (χ2n) is 6.98. The van der Waals surface area contributed by atoms with Gasteiger partial charge >= 0.3 is 12.1 Å². The number of aromatic amines is 1. The predicted molar refractivity (Wildman–Crippen MR) is 111 cm³/mol. The lowest BCUT2D eigenvalue weighted by atomic mass is 10.1. The number of aryl methyl sites for hydroxylation is 1. The van der Waals surface area contributed by atoms with Crippen LogP contribution in [0.4, 0.5) is 13.2 Å². The first-order chi connectivity index (χ1) is 14.7. The average molecular weight is 446 g/mol. The van der Waals surface area contributed by atoms with Crippen molar-refractivity contribution in [1.82, 2.24) is 9.97 Å². The number of carbonyl (C=O) groups is 1. The highest BCUT2D eigenvalue weighted by Crippen LogP contribution is 2.33. The molecule has 0 spiro atoms. The number of fused-ring (bicyclic) bond motifs is 1. The van der Waals surface area contributed by atoms with Crippen LogP contribution >= 0.6 is 11.3 Å². The molecule has 0 saturated carbocycles. The number of nitrogens with one attached hydrogen (secondary N) is 1. The summed E-state index contributed by atoms with van der Waals surface area (Å²) in [6.45, 7) is 2.09. The molecule has 0 aliphatic heterocycles. The Morgan fingerprint density at radius 1 is 1.19 bits per heavy atom. The Morgan fingerprint density at radius 3 is 2.61 bits per heavy atom. The van der Waals surface area contributed by atoms with E-state index in [4.69, 9.17) is 9.84 Å². The maximum absolute atomic E-state index is 12.7. The molecule has 2 heterocycles. The first kappa shape index (κ1) is 20.9. The Kier molecular flexibility index (Phi) is 5.45.